The Morgan fingerprint density at radius 3 is 2.16 bits per heavy atom. The summed E-state index contributed by atoms with van der Waals surface area (Å²) in [6.07, 6.45) is -6.32. The predicted octanol–water partition coefficient (Wildman–Crippen LogP) is 7.66. The Morgan fingerprint density at radius 1 is 0.907 bits per heavy atom. The van der Waals surface area contributed by atoms with Crippen molar-refractivity contribution in [3.8, 4) is 11.1 Å². The summed E-state index contributed by atoms with van der Waals surface area (Å²) in [5.74, 6) is -0.0274. The van der Waals surface area contributed by atoms with Crippen LogP contribution in [0.4, 0.5) is 37.8 Å². The second-order valence-corrected chi connectivity index (χ2v) is 12.0. The Bertz CT molecular complexity index is 1490. The monoisotopic (exact) mass is 624 g/mol. The van der Waals surface area contributed by atoms with Crippen LogP contribution in [0, 0.1) is 0 Å². The minimum Gasteiger partial charge on any atom is -0.354 e. The van der Waals surface area contributed by atoms with Crippen LogP contribution in [0.1, 0.15) is 43.4 Å². The summed E-state index contributed by atoms with van der Waals surface area (Å²) < 4.78 is 81.6. The van der Waals surface area contributed by atoms with Crippen LogP contribution in [-0.4, -0.2) is 55.1 Å². The average Bonchev–Trinajstić information content (AvgIpc) is 3.43. The minimum atomic E-state index is -5.04. The van der Waals surface area contributed by atoms with Crippen LogP contribution in [-0.2, 0) is 22.6 Å². The molecule has 3 aromatic rings. The van der Waals surface area contributed by atoms with E-state index in [1.165, 1.54) is 32.0 Å². The van der Waals surface area contributed by atoms with E-state index in [2.05, 4.69) is 14.8 Å². The molecule has 230 valence electrons. The average molecular weight is 625 g/mol. The highest BCUT2D eigenvalue weighted by atomic mass is 35.5. The molecule has 1 aromatic heterocycles. The molecule has 0 bridgehead atoms. The van der Waals surface area contributed by atoms with Gasteiger partial charge in [-0.15, -0.1) is 0 Å². The van der Waals surface area contributed by atoms with Crippen molar-refractivity contribution in [2.75, 3.05) is 43.0 Å². The molecule has 43 heavy (non-hydrogen) atoms. The molecule has 5 rings (SSSR count). The van der Waals surface area contributed by atoms with Crippen molar-refractivity contribution < 1.29 is 31.1 Å². The van der Waals surface area contributed by atoms with E-state index >= 15 is 0 Å². The lowest BCUT2D eigenvalue weighted by Crippen LogP contribution is -2.50. The largest absolute Gasteiger partial charge is 0.416 e. The lowest BCUT2D eigenvalue weighted by molar-refractivity contribution is -0.143. The number of halogens is 7. The van der Waals surface area contributed by atoms with Gasteiger partial charge in [0, 0.05) is 48.9 Å². The third-order valence-electron chi connectivity index (χ3n) is 8.45. The van der Waals surface area contributed by atoms with Crippen molar-refractivity contribution in [2.45, 2.75) is 50.5 Å². The molecule has 1 atom stereocenters. The number of benzene rings is 2. The molecule has 2 fully saturated rings. The highest BCUT2D eigenvalue weighted by molar-refractivity contribution is 6.33. The van der Waals surface area contributed by atoms with Gasteiger partial charge in [-0.25, -0.2) is 4.98 Å². The van der Waals surface area contributed by atoms with Crippen molar-refractivity contribution >= 4 is 29.0 Å². The molecule has 2 aliphatic rings. The molecule has 0 radical (unpaired) electrons. The SMILES string of the molecule is CN(C(=O)C(C)(C)c1cc(C(F)(F)F)cc(C(F)(F)F)c1)c1cnc(N2CCN3CCC[C@H]3C2)cc1-c1ccccc1Cl. The first-order valence-corrected chi connectivity index (χ1v) is 14.3. The molecule has 2 saturated heterocycles. The number of rotatable bonds is 5. The molecule has 5 nitrogen and oxygen atoms in total. The molecule has 2 aliphatic heterocycles. The van der Waals surface area contributed by atoms with Crippen molar-refractivity contribution in [2.24, 2.45) is 0 Å². The maximum absolute atomic E-state index is 14.0. The first kappa shape index (κ1) is 31.1. The van der Waals surface area contributed by atoms with Crippen LogP contribution < -0.4 is 9.80 Å². The molecule has 0 unspecified atom stereocenters. The van der Waals surface area contributed by atoms with Crippen LogP contribution in [0.25, 0.3) is 11.1 Å². The summed E-state index contributed by atoms with van der Waals surface area (Å²) in [6.45, 7) is 6.16. The molecule has 0 aliphatic carbocycles. The number of nitrogens with zero attached hydrogens (tertiary/aromatic N) is 4. The number of amides is 1. The number of hydrogen-bond donors (Lipinski definition) is 0. The molecule has 3 heterocycles. The van der Waals surface area contributed by atoms with Gasteiger partial charge >= 0.3 is 12.4 Å². The van der Waals surface area contributed by atoms with Gasteiger partial charge in [0.2, 0.25) is 5.91 Å². The summed E-state index contributed by atoms with van der Waals surface area (Å²) in [4.78, 5) is 24.5. The van der Waals surface area contributed by atoms with E-state index in [0.29, 0.717) is 45.8 Å². The van der Waals surface area contributed by atoms with Crippen molar-refractivity contribution in [1.82, 2.24) is 9.88 Å². The lowest BCUT2D eigenvalue weighted by Gasteiger charge is -2.38. The molecule has 1 amide bonds. The Balaban J connectivity index is 1.55. The smallest absolute Gasteiger partial charge is 0.354 e. The van der Waals surface area contributed by atoms with E-state index in [0.717, 1.165) is 39.0 Å². The summed E-state index contributed by atoms with van der Waals surface area (Å²) >= 11 is 6.57. The van der Waals surface area contributed by atoms with Gasteiger partial charge in [0.15, 0.2) is 0 Å². The zero-order valence-corrected chi connectivity index (χ0v) is 24.6. The van der Waals surface area contributed by atoms with E-state index in [9.17, 15) is 31.1 Å². The first-order chi connectivity index (χ1) is 20.1. The van der Waals surface area contributed by atoms with Crippen LogP contribution >= 0.6 is 11.6 Å². The number of hydrogen-bond acceptors (Lipinski definition) is 4. The second kappa shape index (κ2) is 11.3. The van der Waals surface area contributed by atoms with Crippen molar-refractivity contribution in [3.05, 3.63) is 76.4 Å². The molecular formula is C31H31ClF6N4O. The quantitative estimate of drug-likeness (QED) is 0.273. The Morgan fingerprint density at radius 2 is 1.53 bits per heavy atom. The molecule has 0 saturated carbocycles. The molecule has 0 spiro atoms. The number of pyridine rings is 1. The molecular weight excluding hydrogens is 594 g/mol. The fraction of sp³-hybridized carbons (Fsp3) is 0.419. The van der Waals surface area contributed by atoms with Gasteiger partial charge in [0.1, 0.15) is 5.82 Å². The number of aromatic nitrogens is 1. The minimum absolute atomic E-state index is 0.0529. The van der Waals surface area contributed by atoms with Crippen LogP contribution in [0.5, 0.6) is 0 Å². The number of carbonyl (C=O) groups excluding carboxylic acids is 1. The topological polar surface area (TPSA) is 39.7 Å². The highest BCUT2D eigenvalue weighted by Crippen LogP contribution is 2.42. The van der Waals surface area contributed by atoms with Gasteiger partial charge in [-0.1, -0.05) is 29.8 Å². The standard InChI is InChI=1S/C31H31ClF6N4O/c1-29(2,19-13-20(30(33,34)35)15-21(14-19)31(36,37)38)28(43)40(3)26-17-39-27(16-24(26)23-8-4-5-9-25(23)32)42-12-11-41-10-6-7-22(41)18-42/h4-5,8-9,13-17,22H,6-7,10-12,18H2,1-3H3/t22-/m0/s1. The van der Waals surface area contributed by atoms with E-state index in [1.54, 1.807) is 24.3 Å². The van der Waals surface area contributed by atoms with Gasteiger partial charge in [-0.2, -0.15) is 26.3 Å². The van der Waals surface area contributed by atoms with Gasteiger partial charge < -0.3 is 9.80 Å². The Kier molecular flexibility index (Phi) is 8.19. The molecule has 12 heteroatoms. The molecule has 0 N–H and O–H groups in total. The Labute approximate surface area is 251 Å². The van der Waals surface area contributed by atoms with E-state index in [4.69, 9.17) is 11.6 Å². The molecule has 2 aromatic carbocycles. The zero-order chi connectivity index (χ0) is 31.3. The number of alkyl halides is 6. The second-order valence-electron chi connectivity index (χ2n) is 11.6. The fourth-order valence-electron chi connectivity index (χ4n) is 5.94. The highest BCUT2D eigenvalue weighted by Gasteiger charge is 2.41. The van der Waals surface area contributed by atoms with Crippen molar-refractivity contribution in [3.63, 3.8) is 0 Å². The van der Waals surface area contributed by atoms with Gasteiger partial charge in [-0.05, 0) is 69.1 Å². The fourth-order valence-corrected chi connectivity index (χ4v) is 6.18. The predicted molar refractivity (Wildman–Crippen MR) is 154 cm³/mol. The number of fused-ring (bicyclic) bond motifs is 1. The van der Waals surface area contributed by atoms with Gasteiger partial charge in [0.25, 0.3) is 0 Å². The van der Waals surface area contributed by atoms with Crippen LogP contribution in [0.2, 0.25) is 5.02 Å². The summed E-state index contributed by atoms with van der Waals surface area (Å²) in [7, 11) is 1.43. The third-order valence-corrected chi connectivity index (χ3v) is 8.78. The van der Waals surface area contributed by atoms with Crippen LogP contribution in [0.3, 0.4) is 0 Å². The van der Waals surface area contributed by atoms with Gasteiger partial charge in [0.05, 0.1) is 28.4 Å². The van der Waals surface area contributed by atoms with E-state index < -0.39 is 40.4 Å². The van der Waals surface area contributed by atoms with Crippen molar-refractivity contribution in [1.29, 1.82) is 0 Å². The third kappa shape index (κ3) is 6.20. The maximum atomic E-state index is 14.0. The number of piperazine rings is 1. The summed E-state index contributed by atoms with van der Waals surface area (Å²) in [6, 6.07) is 10.5. The zero-order valence-electron chi connectivity index (χ0n) is 23.9. The number of carbonyl (C=O) groups is 1. The Hall–Kier alpha value is -3.31. The normalized spacial score (nSPS) is 18.1. The lowest BCUT2D eigenvalue weighted by atomic mass is 9.81. The summed E-state index contributed by atoms with van der Waals surface area (Å²) in [5.41, 5.74) is -3.65. The van der Waals surface area contributed by atoms with E-state index in [1.807, 2.05) is 6.07 Å². The first-order valence-electron chi connectivity index (χ1n) is 13.9. The van der Waals surface area contributed by atoms with Crippen LogP contribution in [0.15, 0.2) is 54.7 Å². The van der Waals surface area contributed by atoms with Gasteiger partial charge in [-0.3, -0.25) is 9.69 Å². The number of anilines is 2. The number of likely N-dealkylation sites (N-methyl/N-ethyl adjacent to an activating group) is 1. The van der Waals surface area contributed by atoms with E-state index in [-0.39, 0.29) is 6.07 Å². The summed E-state index contributed by atoms with van der Waals surface area (Å²) in [5, 5.41) is 0.411. The maximum Gasteiger partial charge on any atom is 0.416 e.